The Morgan fingerprint density at radius 3 is 2.68 bits per heavy atom. The predicted octanol–water partition coefficient (Wildman–Crippen LogP) is 3.58. The van der Waals surface area contributed by atoms with Gasteiger partial charge in [0.15, 0.2) is 5.78 Å². The first-order chi connectivity index (χ1) is 10.6. The summed E-state index contributed by atoms with van der Waals surface area (Å²) < 4.78 is 10.2. The first kappa shape index (κ1) is 14.6. The van der Waals surface area contributed by atoms with Crippen LogP contribution in [0, 0.1) is 0 Å². The van der Waals surface area contributed by atoms with Gasteiger partial charge in [0.2, 0.25) is 0 Å². The topological polar surface area (TPSA) is 52.6 Å². The molecule has 2 aromatic carbocycles. The molecule has 1 heterocycles. The van der Waals surface area contributed by atoms with E-state index in [-0.39, 0.29) is 17.8 Å². The van der Waals surface area contributed by atoms with Gasteiger partial charge in [0.05, 0.1) is 13.5 Å². The molecule has 0 bridgehead atoms. The van der Waals surface area contributed by atoms with Gasteiger partial charge in [-0.3, -0.25) is 4.79 Å². The summed E-state index contributed by atoms with van der Waals surface area (Å²) in [5.41, 5.74) is 0.765. The quantitative estimate of drug-likeness (QED) is 0.627. The van der Waals surface area contributed by atoms with Crippen LogP contribution in [0.15, 0.2) is 48.2 Å². The first-order valence-corrected chi connectivity index (χ1v) is 7.14. The number of halogens is 1. The number of benzene rings is 2. The zero-order chi connectivity index (χ0) is 15.7. The van der Waals surface area contributed by atoms with E-state index in [9.17, 15) is 9.59 Å². The average Bonchev–Trinajstić information content (AvgIpc) is 2.54. The normalized spacial score (nSPS) is 17.8. The molecule has 0 N–H and O–H groups in total. The zero-order valence-corrected chi connectivity index (χ0v) is 12.6. The van der Waals surface area contributed by atoms with Crippen molar-refractivity contribution in [2.45, 2.75) is 12.5 Å². The number of Topliss-reactive ketones (excluding diaryl/α,β-unsaturated/α-hetero) is 1. The minimum atomic E-state index is -0.681. The minimum Gasteiger partial charge on any atom is -0.492 e. The SMILES string of the molecule is COC(=O)C1=COC(c2cccc3cccc(Cl)c23)CC1=O. The van der Waals surface area contributed by atoms with Crippen molar-refractivity contribution in [1.29, 1.82) is 0 Å². The summed E-state index contributed by atoms with van der Waals surface area (Å²) in [4.78, 5) is 23.6. The Morgan fingerprint density at radius 1 is 1.27 bits per heavy atom. The molecule has 1 aliphatic rings. The summed E-state index contributed by atoms with van der Waals surface area (Å²) in [5, 5.41) is 2.44. The molecule has 0 aliphatic carbocycles. The molecular weight excluding hydrogens is 304 g/mol. The average molecular weight is 317 g/mol. The maximum atomic E-state index is 12.1. The highest BCUT2D eigenvalue weighted by Crippen LogP contribution is 2.36. The van der Waals surface area contributed by atoms with Crippen LogP contribution in [-0.2, 0) is 19.1 Å². The highest BCUT2D eigenvalue weighted by Gasteiger charge is 2.30. The zero-order valence-electron chi connectivity index (χ0n) is 11.8. The van der Waals surface area contributed by atoms with Crippen LogP contribution in [0.4, 0.5) is 0 Å². The van der Waals surface area contributed by atoms with E-state index >= 15 is 0 Å². The van der Waals surface area contributed by atoms with Crippen molar-refractivity contribution < 1.29 is 19.1 Å². The van der Waals surface area contributed by atoms with Gasteiger partial charge in [-0.15, -0.1) is 0 Å². The van der Waals surface area contributed by atoms with Gasteiger partial charge in [0.25, 0.3) is 0 Å². The number of hydrogen-bond donors (Lipinski definition) is 0. The van der Waals surface area contributed by atoms with Crippen LogP contribution < -0.4 is 0 Å². The fourth-order valence-electron chi connectivity index (χ4n) is 2.59. The number of methoxy groups -OCH3 is 1. The Hall–Kier alpha value is -2.33. The van der Waals surface area contributed by atoms with E-state index in [2.05, 4.69) is 4.74 Å². The number of carbonyl (C=O) groups excluding carboxylic acids is 2. The van der Waals surface area contributed by atoms with Crippen LogP contribution in [0.25, 0.3) is 10.8 Å². The van der Waals surface area contributed by atoms with E-state index < -0.39 is 12.1 Å². The van der Waals surface area contributed by atoms with Crippen LogP contribution in [0.2, 0.25) is 5.02 Å². The van der Waals surface area contributed by atoms with Crippen molar-refractivity contribution in [3.63, 3.8) is 0 Å². The van der Waals surface area contributed by atoms with Gasteiger partial charge in [-0.25, -0.2) is 4.79 Å². The van der Waals surface area contributed by atoms with E-state index in [1.54, 1.807) is 6.07 Å². The molecule has 0 spiro atoms. The molecule has 1 atom stereocenters. The lowest BCUT2D eigenvalue weighted by molar-refractivity contribution is -0.139. The fourth-order valence-corrected chi connectivity index (χ4v) is 2.88. The smallest absolute Gasteiger partial charge is 0.344 e. The van der Waals surface area contributed by atoms with E-state index in [0.29, 0.717) is 5.02 Å². The Morgan fingerprint density at radius 2 is 2.00 bits per heavy atom. The van der Waals surface area contributed by atoms with Crippen LogP contribution in [-0.4, -0.2) is 18.9 Å². The molecule has 0 saturated carbocycles. The molecule has 0 saturated heterocycles. The molecule has 4 nitrogen and oxygen atoms in total. The molecule has 22 heavy (non-hydrogen) atoms. The maximum absolute atomic E-state index is 12.1. The second-order valence-corrected chi connectivity index (χ2v) is 5.37. The molecule has 112 valence electrons. The Balaban J connectivity index is 2.02. The van der Waals surface area contributed by atoms with Crippen LogP contribution >= 0.6 is 11.6 Å². The van der Waals surface area contributed by atoms with Crippen molar-refractivity contribution in [1.82, 2.24) is 0 Å². The Labute approximate surface area is 132 Å². The molecule has 0 aromatic heterocycles. The third-order valence-corrected chi connectivity index (χ3v) is 3.97. The number of esters is 1. The molecule has 0 fully saturated rings. The molecule has 0 amide bonds. The summed E-state index contributed by atoms with van der Waals surface area (Å²) in [6, 6.07) is 11.3. The van der Waals surface area contributed by atoms with Gasteiger partial charge in [-0.2, -0.15) is 0 Å². The highest BCUT2D eigenvalue weighted by molar-refractivity contribution is 6.35. The Bertz CT molecular complexity index is 789. The predicted molar refractivity (Wildman–Crippen MR) is 82.5 cm³/mol. The summed E-state index contributed by atoms with van der Waals surface area (Å²) in [7, 11) is 1.23. The van der Waals surface area contributed by atoms with Crippen molar-refractivity contribution in [2.75, 3.05) is 7.11 Å². The van der Waals surface area contributed by atoms with E-state index in [0.717, 1.165) is 16.3 Å². The number of ether oxygens (including phenoxy) is 2. The first-order valence-electron chi connectivity index (χ1n) is 6.76. The molecule has 1 aliphatic heterocycles. The largest absolute Gasteiger partial charge is 0.492 e. The number of hydrogen-bond acceptors (Lipinski definition) is 4. The molecule has 5 heteroatoms. The highest BCUT2D eigenvalue weighted by atomic mass is 35.5. The van der Waals surface area contributed by atoms with Crippen molar-refractivity contribution >= 4 is 34.1 Å². The summed E-state index contributed by atoms with van der Waals surface area (Å²) >= 11 is 6.29. The van der Waals surface area contributed by atoms with Crippen LogP contribution in [0.3, 0.4) is 0 Å². The number of fused-ring (bicyclic) bond motifs is 1. The summed E-state index contributed by atoms with van der Waals surface area (Å²) in [6.07, 6.45) is 0.785. The molecule has 3 rings (SSSR count). The van der Waals surface area contributed by atoms with Crippen molar-refractivity contribution in [3.8, 4) is 0 Å². The monoisotopic (exact) mass is 316 g/mol. The molecule has 2 aromatic rings. The third-order valence-electron chi connectivity index (χ3n) is 3.66. The van der Waals surface area contributed by atoms with Gasteiger partial charge in [0, 0.05) is 16.0 Å². The summed E-state index contributed by atoms with van der Waals surface area (Å²) in [6.45, 7) is 0. The van der Waals surface area contributed by atoms with E-state index in [4.69, 9.17) is 16.3 Å². The fraction of sp³-hybridized carbons (Fsp3) is 0.176. The number of carbonyl (C=O) groups is 2. The van der Waals surface area contributed by atoms with Gasteiger partial charge in [-0.05, 0) is 11.5 Å². The number of ketones is 1. The maximum Gasteiger partial charge on any atom is 0.344 e. The van der Waals surface area contributed by atoms with Gasteiger partial charge in [0.1, 0.15) is 17.9 Å². The van der Waals surface area contributed by atoms with Crippen LogP contribution in [0.1, 0.15) is 18.1 Å². The van der Waals surface area contributed by atoms with E-state index in [1.807, 2.05) is 30.3 Å². The number of rotatable bonds is 2. The Kier molecular flexibility index (Phi) is 3.86. The summed E-state index contributed by atoms with van der Waals surface area (Å²) in [5.74, 6) is -0.980. The lowest BCUT2D eigenvalue weighted by atomic mass is 9.94. The minimum absolute atomic E-state index is 0.0647. The van der Waals surface area contributed by atoms with Crippen molar-refractivity contribution in [3.05, 3.63) is 58.8 Å². The van der Waals surface area contributed by atoms with Gasteiger partial charge >= 0.3 is 5.97 Å². The third kappa shape index (κ3) is 2.46. The lowest BCUT2D eigenvalue weighted by Crippen LogP contribution is -2.22. The van der Waals surface area contributed by atoms with Crippen molar-refractivity contribution in [2.24, 2.45) is 0 Å². The van der Waals surface area contributed by atoms with Crippen LogP contribution in [0.5, 0.6) is 0 Å². The molecular formula is C17H13ClO4. The lowest BCUT2D eigenvalue weighted by Gasteiger charge is -2.23. The van der Waals surface area contributed by atoms with E-state index in [1.165, 1.54) is 13.4 Å². The molecule has 1 unspecified atom stereocenters. The van der Waals surface area contributed by atoms with Gasteiger partial charge in [-0.1, -0.05) is 41.9 Å². The standard InChI is InChI=1S/C17H13ClO4/c1-21-17(20)12-9-22-15(8-14(12)19)11-6-2-4-10-5-3-7-13(18)16(10)11/h2-7,9,15H,8H2,1H3. The second-order valence-electron chi connectivity index (χ2n) is 4.96. The molecule has 0 radical (unpaired) electrons. The second kappa shape index (κ2) is 5.81. The van der Waals surface area contributed by atoms with Gasteiger partial charge < -0.3 is 9.47 Å².